The molecule has 1 N–H and O–H groups in total. The Morgan fingerprint density at radius 1 is 1.14 bits per heavy atom. The summed E-state index contributed by atoms with van der Waals surface area (Å²) >= 11 is 0. The average Bonchev–Trinajstić information content (AvgIpc) is 2.72. The standard InChI is InChI=1S/C21H27N5O2/c1-14-23-13-17(21(28)26(2)3)19(25-14)16-9-7-15(8-10-16)12-24-20(27)18-6-4-5-11-22-18/h4-6,11,13,15-16H,7-10,12H2,1-3H3,(H,24,27). The van der Waals surface area contributed by atoms with Crippen molar-refractivity contribution in [1.29, 1.82) is 0 Å². The highest BCUT2D eigenvalue weighted by molar-refractivity contribution is 5.94. The Bertz CT molecular complexity index is 830. The van der Waals surface area contributed by atoms with Gasteiger partial charge in [0.1, 0.15) is 11.5 Å². The van der Waals surface area contributed by atoms with Crippen LogP contribution in [0, 0.1) is 12.8 Å². The van der Waals surface area contributed by atoms with E-state index in [-0.39, 0.29) is 17.7 Å². The Kier molecular flexibility index (Phi) is 6.34. The highest BCUT2D eigenvalue weighted by Gasteiger charge is 2.28. The molecule has 0 aliphatic heterocycles. The van der Waals surface area contributed by atoms with Crippen LogP contribution in [0.4, 0.5) is 0 Å². The largest absolute Gasteiger partial charge is 0.350 e. The van der Waals surface area contributed by atoms with Crippen LogP contribution in [-0.2, 0) is 0 Å². The molecule has 7 nitrogen and oxygen atoms in total. The Morgan fingerprint density at radius 3 is 2.54 bits per heavy atom. The third-order valence-corrected chi connectivity index (χ3v) is 5.26. The second-order valence-electron chi connectivity index (χ2n) is 7.56. The monoisotopic (exact) mass is 381 g/mol. The minimum absolute atomic E-state index is 0.0558. The molecule has 148 valence electrons. The van der Waals surface area contributed by atoms with Crippen molar-refractivity contribution in [3.8, 4) is 0 Å². The van der Waals surface area contributed by atoms with E-state index in [1.165, 1.54) is 0 Å². The zero-order valence-corrected chi connectivity index (χ0v) is 16.7. The van der Waals surface area contributed by atoms with Gasteiger partial charge in [0.15, 0.2) is 0 Å². The molecular weight excluding hydrogens is 354 g/mol. The molecule has 0 atom stereocenters. The quantitative estimate of drug-likeness (QED) is 0.860. The summed E-state index contributed by atoms with van der Waals surface area (Å²) in [4.78, 5) is 39.1. The number of hydrogen-bond donors (Lipinski definition) is 1. The molecule has 3 rings (SSSR count). The number of pyridine rings is 1. The highest BCUT2D eigenvalue weighted by Crippen LogP contribution is 2.36. The molecule has 2 amide bonds. The van der Waals surface area contributed by atoms with Crippen molar-refractivity contribution >= 4 is 11.8 Å². The molecule has 0 bridgehead atoms. The summed E-state index contributed by atoms with van der Waals surface area (Å²) in [5.74, 6) is 1.19. The van der Waals surface area contributed by atoms with Gasteiger partial charge >= 0.3 is 0 Å². The van der Waals surface area contributed by atoms with Crippen LogP contribution in [0.25, 0.3) is 0 Å². The van der Waals surface area contributed by atoms with E-state index in [9.17, 15) is 9.59 Å². The van der Waals surface area contributed by atoms with Crippen LogP contribution in [-0.4, -0.2) is 52.3 Å². The first-order chi connectivity index (χ1) is 13.5. The fraction of sp³-hybridized carbons (Fsp3) is 0.476. The summed E-state index contributed by atoms with van der Waals surface area (Å²) in [5, 5.41) is 2.99. The molecule has 28 heavy (non-hydrogen) atoms. The highest BCUT2D eigenvalue weighted by atomic mass is 16.2. The van der Waals surface area contributed by atoms with Crippen LogP contribution in [0.5, 0.6) is 0 Å². The van der Waals surface area contributed by atoms with Crippen molar-refractivity contribution in [3.63, 3.8) is 0 Å². The van der Waals surface area contributed by atoms with Crippen LogP contribution in [0.2, 0.25) is 0 Å². The van der Waals surface area contributed by atoms with E-state index >= 15 is 0 Å². The van der Waals surface area contributed by atoms with Gasteiger partial charge in [-0.3, -0.25) is 14.6 Å². The molecule has 0 unspecified atom stereocenters. The summed E-state index contributed by atoms with van der Waals surface area (Å²) in [7, 11) is 3.49. The Balaban J connectivity index is 1.59. The zero-order valence-electron chi connectivity index (χ0n) is 16.7. The Morgan fingerprint density at radius 2 is 1.89 bits per heavy atom. The number of nitrogens with zero attached hydrogens (tertiary/aromatic N) is 4. The lowest BCUT2D eigenvalue weighted by Gasteiger charge is -2.29. The van der Waals surface area contributed by atoms with Gasteiger partial charge in [-0.2, -0.15) is 0 Å². The van der Waals surface area contributed by atoms with Gasteiger partial charge in [-0.05, 0) is 50.7 Å². The number of carbonyl (C=O) groups is 2. The molecule has 2 aromatic heterocycles. The Labute approximate surface area is 165 Å². The molecule has 1 saturated carbocycles. The number of nitrogens with one attached hydrogen (secondary N) is 1. The van der Waals surface area contributed by atoms with E-state index in [0.29, 0.717) is 29.5 Å². The number of aromatic nitrogens is 3. The minimum Gasteiger partial charge on any atom is -0.350 e. The second-order valence-corrected chi connectivity index (χ2v) is 7.56. The maximum Gasteiger partial charge on any atom is 0.269 e. The van der Waals surface area contributed by atoms with Crippen LogP contribution in [0.3, 0.4) is 0 Å². The molecular formula is C21H27N5O2. The molecule has 0 spiro atoms. The lowest BCUT2D eigenvalue weighted by Crippen LogP contribution is -2.32. The van der Waals surface area contributed by atoms with E-state index in [1.807, 2.05) is 13.0 Å². The molecule has 1 aliphatic rings. The van der Waals surface area contributed by atoms with Crippen molar-refractivity contribution in [2.24, 2.45) is 5.92 Å². The van der Waals surface area contributed by atoms with Crippen LogP contribution in [0.1, 0.15) is 64.0 Å². The number of rotatable bonds is 5. The van der Waals surface area contributed by atoms with E-state index in [2.05, 4.69) is 20.3 Å². The smallest absolute Gasteiger partial charge is 0.269 e. The summed E-state index contributed by atoms with van der Waals surface area (Å²) in [6.45, 7) is 2.50. The zero-order chi connectivity index (χ0) is 20.1. The lowest BCUT2D eigenvalue weighted by atomic mass is 9.79. The van der Waals surface area contributed by atoms with Crippen molar-refractivity contribution < 1.29 is 9.59 Å². The number of aryl methyl sites for hydroxylation is 1. The summed E-state index contributed by atoms with van der Waals surface area (Å²) < 4.78 is 0. The summed E-state index contributed by atoms with van der Waals surface area (Å²) in [6, 6.07) is 5.32. The minimum atomic E-state index is -0.131. The maximum absolute atomic E-state index is 12.5. The fourth-order valence-electron chi connectivity index (χ4n) is 3.67. The van der Waals surface area contributed by atoms with Gasteiger partial charge in [-0.25, -0.2) is 9.97 Å². The molecule has 0 saturated heterocycles. The molecule has 7 heteroatoms. The average molecular weight is 381 g/mol. The number of hydrogen-bond acceptors (Lipinski definition) is 5. The summed E-state index contributed by atoms with van der Waals surface area (Å²) in [5.41, 5.74) is 1.91. The predicted octanol–water partition coefficient (Wildman–Crippen LogP) is 2.59. The topological polar surface area (TPSA) is 88.1 Å². The third kappa shape index (κ3) is 4.71. The first-order valence-electron chi connectivity index (χ1n) is 9.70. The van der Waals surface area contributed by atoms with Gasteiger partial charge in [-0.1, -0.05) is 6.07 Å². The molecule has 2 heterocycles. The van der Waals surface area contributed by atoms with Crippen LogP contribution < -0.4 is 5.32 Å². The molecule has 2 aromatic rings. The molecule has 1 fully saturated rings. The Hall–Kier alpha value is -2.83. The SMILES string of the molecule is Cc1ncc(C(=O)N(C)C)c(C2CCC(CNC(=O)c3ccccn3)CC2)n1. The van der Waals surface area contributed by atoms with Crippen molar-refractivity contribution in [1.82, 2.24) is 25.2 Å². The van der Waals surface area contributed by atoms with E-state index in [1.54, 1.807) is 43.5 Å². The second kappa shape index (κ2) is 8.91. The third-order valence-electron chi connectivity index (χ3n) is 5.26. The molecule has 0 aromatic carbocycles. The van der Waals surface area contributed by atoms with Gasteiger partial charge in [0.25, 0.3) is 11.8 Å². The van der Waals surface area contributed by atoms with Crippen molar-refractivity contribution in [3.05, 3.63) is 53.4 Å². The normalized spacial score (nSPS) is 19.1. The number of amides is 2. The van der Waals surface area contributed by atoms with Gasteiger partial charge in [0.2, 0.25) is 0 Å². The van der Waals surface area contributed by atoms with Gasteiger partial charge in [-0.15, -0.1) is 0 Å². The van der Waals surface area contributed by atoms with Crippen molar-refractivity contribution in [2.75, 3.05) is 20.6 Å². The predicted molar refractivity (Wildman–Crippen MR) is 106 cm³/mol. The van der Waals surface area contributed by atoms with Crippen LogP contribution >= 0.6 is 0 Å². The van der Waals surface area contributed by atoms with E-state index in [4.69, 9.17) is 0 Å². The van der Waals surface area contributed by atoms with E-state index in [0.717, 1.165) is 31.4 Å². The lowest BCUT2D eigenvalue weighted by molar-refractivity contribution is 0.0823. The number of carbonyl (C=O) groups excluding carboxylic acids is 2. The van der Waals surface area contributed by atoms with E-state index < -0.39 is 0 Å². The molecule has 0 radical (unpaired) electrons. The van der Waals surface area contributed by atoms with Gasteiger partial charge < -0.3 is 10.2 Å². The molecule has 1 aliphatic carbocycles. The fourth-order valence-corrected chi connectivity index (χ4v) is 3.67. The maximum atomic E-state index is 12.5. The first-order valence-corrected chi connectivity index (χ1v) is 9.70. The van der Waals surface area contributed by atoms with Crippen molar-refractivity contribution in [2.45, 2.75) is 38.5 Å². The summed E-state index contributed by atoms with van der Waals surface area (Å²) in [6.07, 6.45) is 7.16. The van der Waals surface area contributed by atoms with Crippen LogP contribution in [0.15, 0.2) is 30.6 Å². The van der Waals surface area contributed by atoms with Gasteiger partial charge in [0.05, 0.1) is 11.3 Å². The van der Waals surface area contributed by atoms with Gasteiger partial charge in [0, 0.05) is 39.0 Å². The first kappa shape index (κ1) is 19.9.